The fraction of sp³-hybridized carbons (Fsp3) is 0.524. The van der Waals surface area contributed by atoms with Crippen molar-refractivity contribution in [2.24, 2.45) is 0 Å². The zero-order valence-corrected chi connectivity index (χ0v) is 24.5. The van der Waals surface area contributed by atoms with Crippen LogP contribution in [0.2, 0.25) is 28.1 Å². The fourth-order valence-electron chi connectivity index (χ4n) is 4.04. The smallest absolute Gasteiger partial charge is 0.147 e. The maximum Gasteiger partial charge on any atom is -0.147 e. The molecule has 0 spiro atoms. The molecule has 0 aromatic heterocycles. The van der Waals surface area contributed by atoms with Crippen molar-refractivity contribution < 1.29 is 11.5 Å². The fourth-order valence-corrected chi connectivity index (χ4v) is 26.9. The maximum atomic E-state index is 4.20. The summed E-state index contributed by atoms with van der Waals surface area (Å²) in [5, 5.41) is 0. The molecule has 0 saturated carbocycles. The molecule has 1 nitrogen and oxygen atoms in total. The minimum Gasteiger partial charge on any atom is -0.147 e. The van der Waals surface area contributed by atoms with Crippen molar-refractivity contribution >= 4 is 37.4 Å². The number of hydrogen-bond acceptors (Lipinski definition) is 1. The Kier molecular flexibility index (Phi) is 4.53. The number of hydrogen-bond donors (Lipinski definition) is 1. The molecule has 0 atom stereocenters. The largest absolute Gasteiger partial charge is 0.147 e. The Bertz CT molecular complexity index is 934. The summed E-state index contributed by atoms with van der Waals surface area (Å²) in [6.45, 7) is 4.48. The molecule has 1 aromatic carbocycles. The van der Waals surface area contributed by atoms with Crippen LogP contribution in [0, 0.1) is 0 Å². The van der Waals surface area contributed by atoms with Crippen LogP contribution in [-0.2, 0) is 18.0 Å². The van der Waals surface area contributed by atoms with Crippen LogP contribution < -0.4 is 3.30 Å². The zero-order valence-electron chi connectivity index (χ0n) is 17.9. The molecular formula is C21H41Cl2HfNSi. The van der Waals surface area contributed by atoms with Crippen LogP contribution in [0.4, 0.5) is 5.69 Å². The van der Waals surface area contributed by atoms with Gasteiger partial charge in [0.15, 0.2) is 0 Å². The van der Waals surface area contributed by atoms with Gasteiger partial charge >= 0.3 is 140 Å². The molecule has 26 heavy (non-hydrogen) atoms. The summed E-state index contributed by atoms with van der Waals surface area (Å²) < 4.78 is 20.9. The SMILES string of the molecule is CCCCc1ccc([NH][Hf]([CH3])([CH3])([CH3])([CH3])([CH3])([CH3])(=[SiH2])[C]2=CC=CC2)cc1.Cl.Cl. The average molecular weight is 585 g/mol. The monoisotopic (exact) mass is 585 g/mol. The number of halogens is 2. The first kappa shape index (κ1) is 26.2. The number of aryl methyl sites for hydroxylation is 1. The minimum atomic E-state index is -5.24. The standard InChI is InChI=1S/C10H14N.C5H5.6CH3.2ClH.Hf.H2Si/c1-2-3-4-9-5-7-10(11)8-6-9;1-2-4-5-3-1;;;;;;;;;;/h5-8,11H,2-4H2,1H3;1-3H,4H2;6*1H3;2*1H;;1H2/q-1;;;;;;;;;;+1;. The molecule has 0 aliphatic heterocycles. The first-order valence-corrected chi connectivity index (χ1v) is 43.2. The van der Waals surface area contributed by atoms with Crippen molar-refractivity contribution in [2.75, 3.05) is 3.30 Å². The third-order valence-electron chi connectivity index (χ3n) is 5.90. The summed E-state index contributed by atoms with van der Waals surface area (Å²) in [5.41, 5.74) is 2.67. The number of rotatable bonds is 6. The Labute approximate surface area is 163 Å². The van der Waals surface area contributed by atoms with Gasteiger partial charge in [-0.15, -0.1) is 24.8 Å². The van der Waals surface area contributed by atoms with Crippen LogP contribution in [0.15, 0.2) is 45.8 Å². The van der Waals surface area contributed by atoms with Crippen LogP contribution >= 0.6 is 24.8 Å². The summed E-state index contributed by atoms with van der Waals surface area (Å²) in [7, 11) is 0. The molecule has 0 radical (unpaired) electrons. The Balaban J connectivity index is 0.00000312. The van der Waals surface area contributed by atoms with Crippen LogP contribution in [0.25, 0.3) is 0 Å². The van der Waals surface area contributed by atoms with Gasteiger partial charge in [-0.25, -0.2) is 0 Å². The molecule has 152 valence electrons. The van der Waals surface area contributed by atoms with Gasteiger partial charge < -0.3 is 0 Å². The van der Waals surface area contributed by atoms with E-state index in [1.54, 1.807) is 3.33 Å². The van der Waals surface area contributed by atoms with Crippen molar-refractivity contribution in [3.05, 3.63) is 51.4 Å². The van der Waals surface area contributed by atoms with Crippen LogP contribution in [-0.4, -0.2) is 6.94 Å². The average Bonchev–Trinajstić information content (AvgIpc) is 2.91. The molecule has 1 aliphatic rings. The van der Waals surface area contributed by atoms with E-state index in [0.29, 0.717) is 0 Å². The van der Waals surface area contributed by atoms with E-state index in [4.69, 9.17) is 0 Å². The molecule has 0 amide bonds. The van der Waals surface area contributed by atoms with Crippen molar-refractivity contribution in [2.45, 2.75) is 60.7 Å². The molecule has 0 unspecified atom stereocenters. The second-order valence-corrected chi connectivity index (χ2v) is 155. The van der Waals surface area contributed by atoms with Gasteiger partial charge in [0, 0.05) is 0 Å². The number of benzene rings is 1. The molecule has 5 heteroatoms. The third kappa shape index (κ3) is 5.83. The van der Waals surface area contributed by atoms with Gasteiger partial charge in [0.2, 0.25) is 0 Å². The van der Waals surface area contributed by atoms with E-state index in [9.17, 15) is 0 Å². The summed E-state index contributed by atoms with van der Waals surface area (Å²) in [4.78, 5) is 0. The molecule has 1 N–H and O–H groups in total. The predicted octanol–water partition coefficient (Wildman–Crippen LogP) is 7.71. The van der Waals surface area contributed by atoms with Crippen LogP contribution in [0.3, 0.4) is 0 Å². The number of anilines is 1. The van der Waals surface area contributed by atoms with E-state index >= 15 is 0 Å². The molecule has 0 heterocycles. The molecule has 0 bridgehead atoms. The number of unbranched alkanes of at least 4 members (excludes halogenated alkanes) is 1. The summed E-state index contributed by atoms with van der Waals surface area (Å²) in [6.07, 6.45) is 11.6. The van der Waals surface area contributed by atoms with Gasteiger partial charge in [0.05, 0.1) is 0 Å². The normalized spacial score (nSPS) is 21.8. The first-order valence-electron chi connectivity index (χ1n) is 9.70. The maximum absolute atomic E-state index is 5.24. The Morgan fingerprint density at radius 1 is 0.962 bits per heavy atom. The molecule has 0 saturated heterocycles. The van der Waals surface area contributed by atoms with Crippen LogP contribution in [0.1, 0.15) is 31.7 Å². The molecule has 1 aliphatic carbocycles. The van der Waals surface area contributed by atoms with E-state index in [0.717, 1.165) is 6.42 Å². The van der Waals surface area contributed by atoms with E-state index in [1.165, 1.54) is 30.5 Å². The summed E-state index contributed by atoms with van der Waals surface area (Å²) in [6, 6.07) is 9.14. The van der Waals surface area contributed by atoms with E-state index in [1.807, 2.05) is 0 Å². The number of nitrogens with one attached hydrogen (secondary N) is 1. The molecule has 1 aromatic rings. The van der Waals surface area contributed by atoms with Gasteiger partial charge in [0.25, 0.3) is 0 Å². The summed E-state index contributed by atoms with van der Waals surface area (Å²) >= 11 is -5.24. The van der Waals surface area contributed by atoms with Gasteiger partial charge in [-0.2, -0.15) is 0 Å². The van der Waals surface area contributed by atoms with Crippen molar-refractivity contribution in [3.8, 4) is 0 Å². The first-order chi connectivity index (χ1) is 10.2. The Hall–Kier alpha value is 0.167. The van der Waals surface area contributed by atoms with E-state index in [-0.39, 0.29) is 24.8 Å². The zero-order chi connectivity index (χ0) is 18.6. The van der Waals surface area contributed by atoms with Crippen molar-refractivity contribution in [1.29, 1.82) is 0 Å². The topological polar surface area (TPSA) is 12.0 Å². The van der Waals surface area contributed by atoms with Crippen molar-refractivity contribution in [1.82, 2.24) is 0 Å². The second-order valence-electron chi connectivity index (χ2n) is 17.3. The summed E-state index contributed by atoms with van der Waals surface area (Å²) in [5.74, 6) is 0. The van der Waals surface area contributed by atoms with Gasteiger partial charge in [-0.3, -0.25) is 0 Å². The van der Waals surface area contributed by atoms with Gasteiger partial charge in [0.1, 0.15) is 0 Å². The second kappa shape index (κ2) is 4.50. The minimum absolute atomic E-state index is 0. The van der Waals surface area contributed by atoms with Crippen molar-refractivity contribution in [3.63, 3.8) is 0 Å². The quantitative estimate of drug-likeness (QED) is 0.338. The third-order valence-corrected chi connectivity index (χ3v) is 36.5. The van der Waals surface area contributed by atoms with E-state index in [2.05, 4.69) is 87.7 Å². The number of allylic oxidation sites excluding steroid dienone is 4. The van der Waals surface area contributed by atoms with Gasteiger partial charge in [-0.05, 0) is 0 Å². The van der Waals surface area contributed by atoms with E-state index < -0.39 is 11.5 Å². The Morgan fingerprint density at radius 2 is 1.50 bits per heavy atom. The molecule has 0 fully saturated rings. The molecular weight excluding hydrogens is 544 g/mol. The Morgan fingerprint density at radius 3 is 1.92 bits per heavy atom. The molecule has 2 rings (SSSR count). The predicted molar refractivity (Wildman–Crippen MR) is 129 cm³/mol. The van der Waals surface area contributed by atoms with Gasteiger partial charge in [-0.1, -0.05) is 0 Å². The van der Waals surface area contributed by atoms with Crippen LogP contribution in [0.5, 0.6) is 0 Å².